The van der Waals surface area contributed by atoms with Crippen molar-refractivity contribution in [3.63, 3.8) is 0 Å². The number of carbonyl (C=O) groups excluding carboxylic acids is 1. The Labute approximate surface area is 116 Å². The van der Waals surface area contributed by atoms with Gasteiger partial charge in [-0.15, -0.1) is 0 Å². The highest BCUT2D eigenvalue weighted by atomic mass is 19.1. The average Bonchev–Trinajstić information content (AvgIpc) is 2.87. The minimum Gasteiger partial charge on any atom is -0.462 e. The van der Waals surface area contributed by atoms with Crippen LogP contribution in [0.4, 0.5) is 10.1 Å². The molecule has 1 aliphatic heterocycles. The van der Waals surface area contributed by atoms with E-state index in [0.29, 0.717) is 17.7 Å². The molecule has 0 saturated heterocycles. The molecule has 1 heterocycles. The lowest BCUT2D eigenvalue weighted by Crippen LogP contribution is -2.33. The van der Waals surface area contributed by atoms with E-state index >= 15 is 0 Å². The van der Waals surface area contributed by atoms with E-state index in [1.807, 2.05) is 0 Å². The molecule has 0 amide bonds. The van der Waals surface area contributed by atoms with Crippen molar-refractivity contribution >= 4 is 11.7 Å². The number of nitriles is 1. The second-order valence-electron chi connectivity index (χ2n) is 5.40. The molecule has 4 nitrogen and oxygen atoms in total. The normalized spacial score (nSPS) is 19.9. The maximum Gasteiger partial charge on any atom is 0.341 e. The van der Waals surface area contributed by atoms with Gasteiger partial charge in [0.25, 0.3) is 0 Å². The van der Waals surface area contributed by atoms with Gasteiger partial charge in [0.2, 0.25) is 0 Å². The summed E-state index contributed by atoms with van der Waals surface area (Å²) < 4.78 is 18.9. The Bertz CT molecular complexity index is 601. The van der Waals surface area contributed by atoms with Crippen LogP contribution in [0.5, 0.6) is 0 Å². The van der Waals surface area contributed by atoms with Crippen LogP contribution >= 0.6 is 0 Å². The molecular formula is C15H15FN2O2. The lowest BCUT2D eigenvalue weighted by molar-refractivity contribution is 0.0474. The molecule has 0 atom stereocenters. The lowest BCUT2D eigenvalue weighted by Gasteiger charge is -2.25. The molecule has 104 valence electrons. The molecule has 0 bridgehead atoms. The fraction of sp³-hybridized carbons (Fsp3) is 0.467. The standard InChI is InChI=1S/C15H15FN2O2/c16-12-8-11(18-15(9-17)4-1-2-5-15)7-10-3-6-20-14(19)13(10)12/h7-8,18H,1-6H2. The largest absolute Gasteiger partial charge is 0.462 e. The summed E-state index contributed by atoms with van der Waals surface area (Å²) in [6.07, 6.45) is 4.04. The number of cyclic esters (lactones) is 1. The highest BCUT2D eigenvalue weighted by Gasteiger charge is 2.34. The van der Waals surface area contributed by atoms with E-state index in [0.717, 1.165) is 25.7 Å². The molecule has 1 saturated carbocycles. The number of rotatable bonds is 2. The molecule has 5 heteroatoms. The molecule has 0 spiro atoms. The van der Waals surface area contributed by atoms with Gasteiger partial charge in [-0.1, -0.05) is 0 Å². The Hall–Kier alpha value is -2.09. The smallest absolute Gasteiger partial charge is 0.341 e. The highest BCUT2D eigenvalue weighted by Crippen LogP contribution is 2.34. The van der Waals surface area contributed by atoms with Crippen LogP contribution in [-0.2, 0) is 11.2 Å². The first-order valence-corrected chi connectivity index (χ1v) is 6.82. The van der Waals surface area contributed by atoms with Crippen molar-refractivity contribution in [1.82, 2.24) is 0 Å². The third-order valence-electron chi connectivity index (χ3n) is 4.04. The summed E-state index contributed by atoms with van der Waals surface area (Å²) in [6, 6.07) is 5.35. The molecule has 0 aromatic heterocycles. The number of esters is 1. The van der Waals surface area contributed by atoms with Gasteiger partial charge < -0.3 is 10.1 Å². The Balaban J connectivity index is 1.94. The predicted molar refractivity (Wildman–Crippen MR) is 70.8 cm³/mol. The minimum absolute atomic E-state index is 0.0271. The molecule has 1 aliphatic carbocycles. The highest BCUT2D eigenvalue weighted by molar-refractivity contribution is 5.93. The lowest BCUT2D eigenvalue weighted by atomic mass is 9.97. The van der Waals surface area contributed by atoms with Crippen LogP contribution in [0.2, 0.25) is 0 Å². The van der Waals surface area contributed by atoms with Gasteiger partial charge in [0.15, 0.2) is 0 Å². The summed E-state index contributed by atoms with van der Waals surface area (Å²) >= 11 is 0. The quantitative estimate of drug-likeness (QED) is 0.842. The van der Waals surface area contributed by atoms with Crippen molar-refractivity contribution in [2.24, 2.45) is 0 Å². The van der Waals surface area contributed by atoms with Gasteiger partial charge in [-0.05, 0) is 43.4 Å². The SMILES string of the molecule is N#CC1(Nc2cc(F)c3c(c2)CCOC3=O)CCCC1. The second kappa shape index (κ2) is 4.78. The zero-order chi connectivity index (χ0) is 14.2. The van der Waals surface area contributed by atoms with Crippen LogP contribution in [-0.4, -0.2) is 18.1 Å². The topological polar surface area (TPSA) is 62.1 Å². The molecule has 3 rings (SSSR count). The van der Waals surface area contributed by atoms with Crippen LogP contribution < -0.4 is 5.32 Å². The van der Waals surface area contributed by atoms with Gasteiger partial charge in [0, 0.05) is 12.1 Å². The van der Waals surface area contributed by atoms with E-state index in [2.05, 4.69) is 11.4 Å². The molecule has 1 fully saturated rings. The van der Waals surface area contributed by atoms with E-state index in [1.165, 1.54) is 6.07 Å². The molecule has 2 aliphatic rings. The number of nitrogens with one attached hydrogen (secondary N) is 1. The molecule has 0 radical (unpaired) electrons. The third-order valence-corrected chi connectivity index (χ3v) is 4.04. The number of ether oxygens (including phenoxy) is 1. The minimum atomic E-state index is -0.605. The van der Waals surface area contributed by atoms with Crippen molar-refractivity contribution in [3.05, 3.63) is 29.1 Å². The van der Waals surface area contributed by atoms with E-state index in [9.17, 15) is 14.4 Å². The molecule has 1 aromatic rings. The molecule has 0 unspecified atom stereocenters. The Kier molecular flexibility index (Phi) is 3.09. The number of anilines is 1. The van der Waals surface area contributed by atoms with Crippen molar-refractivity contribution in [1.29, 1.82) is 5.26 Å². The fourth-order valence-corrected chi connectivity index (χ4v) is 3.01. The first kappa shape index (κ1) is 12.9. The van der Waals surface area contributed by atoms with Crippen molar-refractivity contribution in [3.8, 4) is 6.07 Å². The van der Waals surface area contributed by atoms with Crippen LogP contribution in [0.25, 0.3) is 0 Å². The molecular weight excluding hydrogens is 259 g/mol. The van der Waals surface area contributed by atoms with Crippen LogP contribution in [0.1, 0.15) is 41.6 Å². The summed E-state index contributed by atoms with van der Waals surface area (Å²) in [6.45, 7) is 0.276. The van der Waals surface area contributed by atoms with E-state index < -0.39 is 17.3 Å². The zero-order valence-electron chi connectivity index (χ0n) is 11.0. The summed E-state index contributed by atoms with van der Waals surface area (Å²) in [5.74, 6) is -1.19. The number of hydrogen-bond donors (Lipinski definition) is 1. The zero-order valence-corrected chi connectivity index (χ0v) is 11.0. The Morgan fingerprint density at radius 3 is 2.80 bits per heavy atom. The summed E-state index contributed by atoms with van der Waals surface area (Å²) in [4.78, 5) is 11.5. The predicted octanol–water partition coefficient (Wildman–Crippen LogP) is 2.79. The van der Waals surface area contributed by atoms with Crippen molar-refractivity contribution < 1.29 is 13.9 Å². The third kappa shape index (κ3) is 2.11. The number of halogens is 1. The number of benzene rings is 1. The maximum atomic E-state index is 14.1. The van der Waals surface area contributed by atoms with E-state index in [-0.39, 0.29) is 12.2 Å². The van der Waals surface area contributed by atoms with Gasteiger partial charge >= 0.3 is 5.97 Å². The monoisotopic (exact) mass is 274 g/mol. The van der Waals surface area contributed by atoms with E-state index in [1.54, 1.807) is 6.07 Å². The molecule has 1 N–H and O–H groups in total. The summed E-state index contributed by atoms with van der Waals surface area (Å²) in [5.41, 5.74) is 0.643. The average molecular weight is 274 g/mol. The molecule has 20 heavy (non-hydrogen) atoms. The number of hydrogen-bond acceptors (Lipinski definition) is 4. The van der Waals surface area contributed by atoms with Crippen LogP contribution in [0.15, 0.2) is 12.1 Å². The van der Waals surface area contributed by atoms with Gasteiger partial charge in [-0.2, -0.15) is 5.26 Å². The molecule has 1 aromatic carbocycles. The van der Waals surface area contributed by atoms with E-state index in [4.69, 9.17) is 4.74 Å². The van der Waals surface area contributed by atoms with Crippen molar-refractivity contribution in [2.45, 2.75) is 37.6 Å². The van der Waals surface area contributed by atoms with Gasteiger partial charge in [0.05, 0.1) is 18.2 Å². The van der Waals surface area contributed by atoms with Gasteiger partial charge in [0.1, 0.15) is 11.4 Å². The first-order valence-electron chi connectivity index (χ1n) is 6.82. The second-order valence-corrected chi connectivity index (χ2v) is 5.40. The van der Waals surface area contributed by atoms with Crippen molar-refractivity contribution in [2.75, 3.05) is 11.9 Å². The number of carbonyl (C=O) groups is 1. The Morgan fingerprint density at radius 2 is 2.10 bits per heavy atom. The van der Waals surface area contributed by atoms with Crippen LogP contribution in [0.3, 0.4) is 0 Å². The number of fused-ring (bicyclic) bond motifs is 1. The van der Waals surface area contributed by atoms with Gasteiger partial charge in [-0.25, -0.2) is 9.18 Å². The van der Waals surface area contributed by atoms with Crippen LogP contribution in [0, 0.1) is 17.1 Å². The number of nitrogens with zero attached hydrogens (tertiary/aromatic N) is 1. The summed E-state index contributed by atoms with van der Waals surface area (Å²) in [7, 11) is 0. The first-order chi connectivity index (χ1) is 9.63. The van der Waals surface area contributed by atoms with Gasteiger partial charge in [-0.3, -0.25) is 0 Å². The summed E-state index contributed by atoms with van der Waals surface area (Å²) in [5, 5.41) is 12.5. The fourth-order valence-electron chi connectivity index (χ4n) is 3.01. The Morgan fingerprint density at radius 1 is 1.35 bits per heavy atom. The maximum absolute atomic E-state index is 14.1.